The van der Waals surface area contributed by atoms with Crippen molar-refractivity contribution in [1.29, 1.82) is 0 Å². The lowest BCUT2D eigenvalue weighted by Gasteiger charge is -2.02. The van der Waals surface area contributed by atoms with E-state index in [-0.39, 0.29) is 10.6 Å². The number of fused-ring (bicyclic) bond motifs is 3. The summed E-state index contributed by atoms with van der Waals surface area (Å²) in [4.78, 5) is 18.5. The molecule has 2 aromatic heterocycles. The van der Waals surface area contributed by atoms with Gasteiger partial charge in [0.05, 0.1) is 10.4 Å². The Morgan fingerprint density at radius 1 is 1.29 bits per heavy atom. The standard InChI is InChI=1S/C13H12N4O3S/c1-15-21(19,20)7-2-3-10-9(6-7)8-4-5-16-12(13(14)18)11(8)17-10/h2-6,15,17H,1H3,(H2,14,18). The first-order chi connectivity index (χ1) is 9.94. The molecule has 0 atom stereocenters. The molecule has 0 aliphatic carbocycles. The van der Waals surface area contributed by atoms with Crippen LogP contribution in [0, 0.1) is 0 Å². The average Bonchev–Trinajstić information content (AvgIpc) is 2.84. The molecule has 0 aliphatic rings. The lowest BCUT2D eigenvalue weighted by atomic mass is 10.1. The van der Waals surface area contributed by atoms with E-state index in [0.29, 0.717) is 21.8 Å². The largest absolute Gasteiger partial charge is 0.364 e. The van der Waals surface area contributed by atoms with Crippen molar-refractivity contribution in [2.45, 2.75) is 4.90 Å². The van der Waals surface area contributed by atoms with Gasteiger partial charge >= 0.3 is 0 Å². The van der Waals surface area contributed by atoms with Crippen LogP contribution in [0.15, 0.2) is 35.4 Å². The number of amides is 1. The Kier molecular flexibility index (Phi) is 2.92. The maximum absolute atomic E-state index is 11.9. The Hall–Kier alpha value is -2.45. The van der Waals surface area contributed by atoms with Crippen LogP contribution in [0.3, 0.4) is 0 Å². The van der Waals surface area contributed by atoms with Crippen molar-refractivity contribution in [1.82, 2.24) is 14.7 Å². The van der Waals surface area contributed by atoms with E-state index in [9.17, 15) is 13.2 Å². The second kappa shape index (κ2) is 4.54. The van der Waals surface area contributed by atoms with Crippen molar-refractivity contribution < 1.29 is 13.2 Å². The highest BCUT2D eigenvalue weighted by atomic mass is 32.2. The summed E-state index contributed by atoms with van der Waals surface area (Å²) in [6.45, 7) is 0. The molecule has 1 amide bonds. The van der Waals surface area contributed by atoms with Crippen LogP contribution in [0.1, 0.15) is 10.5 Å². The van der Waals surface area contributed by atoms with E-state index in [4.69, 9.17) is 5.73 Å². The third-order valence-electron chi connectivity index (χ3n) is 3.30. The first-order valence-electron chi connectivity index (χ1n) is 6.08. The number of nitrogens with zero attached hydrogens (tertiary/aromatic N) is 1. The Morgan fingerprint density at radius 3 is 2.71 bits per heavy atom. The molecule has 3 rings (SSSR count). The Labute approximate surface area is 120 Å². The maximum Gasteiger partial charge on any atom is 0.269 e. The molecule has 108 valence electrons. The molecule has 3 aromatic rings. The first-order valence-corrected chi connectivity index (χ1v) is 7.56. The van der Waals surface area contributed by atoms with E-state index in [1.165, 1.54) is 19.3 Å². The molecule has 1 aromatic carbocycles. The van der Waals surface area contributed by atoms with Gasteiger partial charge in [0.1, 0.15) is 0 Å². The lowest BCUT2D eigenvalue weighted by molar-refractivity contribution is 0.0997. The fourth-order valence-corrected chi connectivity index (χ4v) is 3.03. The van der Waals surface area contributed by atoms with Gasteiger partial charge in [0.2, 0.25) is 10.0 Å². The van der Waals surface area contributed by atoms with Crippen molar-refractivity contribution in [3.63, 3.8) is 0 Å². The molecule has 0 aliphatic heterocycles. The summed E-state index contributed by atoms with van der Waals surface area (Å²) in [5.74, 6) is -0.643. The summed E-state index contributed by atoms with van der Waals surface area (Å²) in [6.07, 6.45) is 1.47. The maximum atomic E-state index is 11.9. The summed E-state index contributed by atoms with van der Waals surface area (Å²) in [5, 5.41) is 1.38. The number of carbonyl (C=O) groups excluding carboxylic acids is 1. The number of nitrogens with one attached hydrogen (secondary N) is 2. The lowest BCUT2D eigenvalue weighted by Crippen LogP contribution is -2.18. The summed E-state index contributed by atoms with van der Waals surface area (Å²) in [6, 6.07) is 6.38. The molecule has 0 spiro atoms. The van der Waals surface area contributed by atoms with Crippen molar-refractivity contribution in [3.8, 4) is 0 Å². The molecule has 2 heterocycles. The van der Waals surface area contributed by atoms with Gasteiger partial charge in [-0.05, 0) is 31.3 Å². The molecular weight excluding hydrogens is 292 g/mol. The normalized spacial score (nSPS) is 12.0. The molecular formula is C13H12N4O3S. The van der Waals surface area contributed by atoms with E-state index in [0.717, 1.165) is 0 Å². The highest BCUT2D eigenvalue weighted by molar-refractivity contribution is 7.89. The van der Waals surface area contributed by atoms with Gasteiger partial charge in [-0.3, -0.25) is 4.79 Å². The Bertz CT molecular complexity index is 976. The number of benzene rings is 1. The number of rotatable bonds is 3. The smallest absolute Gasteiger partial charge is 0.269 e. The zero-order valence-electron chi connectivity index (χ0n) is 11.0. The van der Waals surface area contributed by atoms with Crippen molar-refractivity contribution in [3.05, 3.63) is 36.2 Å². The van der Waals surface area contributed by atoms with Gasteiger partial charge in [-0.25, -0.2) is 18.1 Å². The minimum atomic E-state index is -3.53. The van der Waals surface area contributed by atoms with Gasteiger partial charge in [0, 0.05) is 22.5 Å². The number of aromatic nitrogens is 2. The summed E-state index contributed by atoms with van der Waals surface area (Å²) < 4.78 is 26.0. The number of hydrogen-bond donors (Lipinski definition) is 3. The van der Waals surface area contributed by atoms with Crippen LogP contribution in [0.4, 0.5) is 0 Å². The Balaban J connectivity index is 2.39. The predicted octanol–water partition coefficient (Wildman–Crippen LogP) is 0.723. The second-order valence-corrected chi connectivity index (χ2v) is 6.37. The molecule has 8 heteroatoms. The van der Waals surface area contributed by atoms with Crippen molar-refractivity contribution in [2.75, 3.05) is 7.05 Å². The van der Waals surface area contributed by atoms with E-state index >= 15 is 0 Å². The van der Waals surface area contributed by atoms with Crippen LogP contribution >= 0.6 is 0 Å². The fourth-order valence-electron chi connectivity index (χ4n) is 2.27. The van der Waals surface area contributed by atoms with Gasteiger partial charge in [-0.15, -0.1) is 0 Å². The third kappa shape index (κ3) is 2.05. The quantitative estimate of drug-likeness (QED) is 0.660. The fraction of sp³-hybridized carbons (Fsp3) is 0.0769. The zero-order valence-corrected chi connectivity index (χ0v) is 11.9. The van der Waals surface area contributed by atoms with E-state index in [2.05, 4.69) is 14.7 Å². The van der Waals surface area contributed by atoms with Gasteiger partial charge in [-0.1, -0.05) is 0 Å². The van der Waals surface area contributed by atoms with Crippen molar-refractivity contribution >= 4 is 37.7 Å². The molecule has 0 fully saturated rings. The molecule has 0 unspecified atom stereocenters. The Morgan fingerprint density at radius 2 is 2.05 bits per heavy atom. The van der Waals surface area contributed by atoms with Crippen LogP contribution in [0.2, 0.25) is 0 Å². The topological polar surface area (TPSA) is 118 Å². The average molecular weight is 304 g/mol. The van der Waals surface area contributed by atoms with Crippen molar-refractivity contribution in [2.24, 2.45) is 5.73 Å². The SMILES string of the molecule is CNS(=O)(=O)c1ccc2[nH]c3c(C(N)=O)nccc3c2c1. The monoisotopic (exact) mass is 304 g/mol. The molecule has 21 heavy (non-hydrogen) atoms. The van der Waals surface area contributed by atoms with Crippen LogP contribution < -0.4 is 10.5 Å². The number of sulfonamides is 1. The van der Waals surface area contributed by atoms with E-state index in [1.54, 1.807) is 18.2 Å². The van der Waals surface area contributed by atoms with Gasteiger partial charge < -0.3 is 10.7 Å². The van der Waals surface area contributed by atoms with Crippen LogP contribution in [0.25, 0.3) is 21.8 Å². The van der Waals surface area contributed by atoms with Gasteiger partial charge in [-0.2, -0.15) is 0 Å². The zero-order chi connectivity index (χ0) is 15.2. The molecule has 0 saturated heterocycles. The predicted molar refractivity (Wildman–Crippen MR) is 78.4 cm³/mol. The second-order valence-electron chi connectivity index (χ2n) is 4.49. The molecule has 0 radical (unpaired) electrons. The summed E-state index contributed by atoms with van der Waals surface area (Å²) in [5.41, 5.74) is 6.62. The molecule has 0 saturated carbocycles. The summed E-state index contributed by atoms with van der Waals surface area (Å²) >= 11 is 0. The first kappa shape index (κ1) is 13.5. The van der Waals surface area contributed by atoms with Crippen LogP contribution in [-0.4, -0.2) is 31.3 Å². The number of primary amides is 1. The molecule has 0 bridgehead atoms. The molecule has 4 N–H and O–H groups in total. The molecule has 7 nitrogen and oxygen atoms in total. The highest BCUT2D eigenvalue weighted by Gasteiger charge is 2.16. The van der Waals surface area contributed by atoms with Gasteiger partial charge in [0.25, 0.3) is 5.91 Å². The van der Waals surface area contributed by atoms with Crippen LogP contribution in [-0.2, 0) is 10.0 Å². The number of pyridine rings is 1. The van der Waals surface area contributed by atoms with Crippen LogP contribution in [0.5, 0.6) is 0 Å². The number of carbonyl (C=O) groups is 1. The number of hydrogen-bond acceptors (Lipinski definition) is 4. The number of nitrogens with two attached hydrogens (primary N) is 1. The third-order valence-corrected chi connectivity index (χ3v) is 4.72. The number of aromatic amines is 1. The minimum Gasteiger partial charge on any atom is -0.364 e. The highest BCUT2D eigenvalue weighted by Crippen LogP contribution is 2.28. The van der Waals surface area contributed by atoms with Gasteiger partial charge in [0.15, 0.2) is 5.69 Å². The van der Waals surface area contributed by atoms with E-state index < -0.39 is 15.9 Å². The minimum absolute atomic E-state index is 0.127. The number of H-pyrrole nitrogens is 1. The summed E-state index contributed by atoms with van der Waals surface area (Å²) in [7, 11) is -2.18. The van der Waals surface area contributed by atoms with E-state index in [1.807, 2.05) is 0 Å².